The lowest BCUT2D eigenvalue weighted by Crippen LogP contribution is -2.15. The van der Waals surface area contributed by atoms with E-state index < -0.39 is 11.9 Å². The number of rotatable bonds is 3. The molecular formula is C15H13NO5. The van der Waals surface area contributed by atoms with Gasteiger partial charge in [0, 0.05) is 5.56 Å². The Morgan fingerprint density at radius 1 is 1.00 bits per heavy atom. The van der Waals surface area contributed by atoms with Gasteiger partial charge < -0.3 is 15.9 Å². The summed E-state index contributed by atoms with van der Waals surface area (Å²) in [7, 11) is 0. The third kappa shape index (κ3) is 4.79. The third-order valence-corrected chi connectivity index (χ3v) is 2.43. The van der Waals surface area contributed by atoms with Crippen LogP contribution in [0.3, 0.4) is 0 Å². The number of benzene rings is 2. The van der Waals surface area contributed by atoms with E-state index in [2.05, 4.69) is 0 Å². The van der Waals surface area contributed by atoms with Crippen LogP contribution in [0.25, 0.3) is 0 Å². The Hall–Kier alpha value is -3.15. The van der Waals surface area contributed by atoms with Crippen molar-refractivity contribution in [3.63, 3.8) is 0 Å². The lowest BCUT2D eigenvalue weighted by molar-refractivity contribution is 0.0691. The Bertz CT molecular complexity index is 652. The SMILES string of the molecule is NC(=O)c1ccc(O)cc1C(=O)O.O=Cc1ccccc1. The van der Waals surface area contributed by atoms with Crippen molar-refractivity contribution in [2.75, 3.05) is 0 Å². The molecule has 108 valence electrons. The van der Waals surface area contributed by atoms with Gasteiger partial charge >= 0.3 is 5.97 Å². The molecule has 0 aliphatic heterocycles. The van der Waals surface area contributed by atoms with Crippen LogP contribution >= 0.6 is 0 Å². The molecule has 0 saturated carbocycles. The van der Waals surface area contributed by atoms with Gasteiger partial charge in [0.15, 0.2) is 0 Å². The highest BCUT2D eigenvalue weighted by Gasteiger charge is 2.14. The van der Waals surface area contributed by atoms with E-state index in [1.54, 1.807) is 12.1 Å². The zero-order chi connectivity index (χ0) is 15.8. The number of phenolic OH excluding ortho intramolecular Hbond substituents is 1. The molecular weight excluding hydrogens is 274 g/mol. The summed E-state index contributed by atoms with van der Waals surface area (Å²) in [6.07, 6.45) is 0.833. The molecule has 0 heterocycles. The Morgan fingerprint density at radius 3 is 2.05 bits per heavy atom. The zero-order valence-corrected chi connectivity index (χ0v) is 10.9. The standard InChI is InChI=1S/C8H7NO4.C7H6O/c9-7(11)5-2-1-4(10)3-6(5)8(12)13;8-6-7-4-2-1-3-5-7/h1-3,10H,(H2,9,11)(H,12,13);1-6H. The summed E-state index contributed by atoms with van der Waals surface area (Å²) in [5.41, 5.74) is 5.23. The fraction of sp³-hybridized carbons (Fsp3) is 0. The minimum atomic E-state index is -1.30. The molecule has 2 rings (SSSR count). The fourth-order valence-electron chi connectivity index (χ4n) is 1.46. The van der Waals surface area contributed by atoms with Gasteiger partial charge in [-0.1, -0.05) is 30.3 Å². The number of carbonyl (C=O) groups excluding carboxylic acids is 2. The van der Waals surface area contributed by atoms with Crippen LogP contribution in [-0.2, 0) is 0 Å². The molecule has 0 saturated heterocycles. The second kappa shape index (κ2) is 7.44. The van der Waals surface area contributed by atoms with E-state index in [4.69, 9.17) is 15.9 Å². The smallest absolute Gasteiger partial charge is 0.336 e. The molecule has 0 unspecified atom stereocenters. The van der Waals surface area contributed by atoms with E-state index in [1.165, 1.54) is 12.1 Å². The van der Waals surface area contributed by atoms with Gasteiger partial charge in [0.2, 0.25) is 5.91 Å². The summed E-state index contributed by atoms with van der Waals surface area (Å²) in [5, 5.41) is 17.6. The molecule has 4 N–H and O–H groups in total. The number of carbonyl (C=O) groups is 3. The second-order valence-corrected chi connectivity index (χ2v) is 3.93. The summed E-state index contributed by atoms with van der Waals surface area (Å²) in [6, 6.07) is 12.4. The van der Waals surface area contributed by atoms with Crippen LogP contribution in [0.5, 0.6) is 5.75 Å². The van der Waals surface area contributed by atoms with Crippen LogP contribution in [0, 0.1) is 0 Å². The number of aromatic hydroxyl groups is 1. The number of aldehydes is 1. The molecule has 0 aromatic heterocycles. The Labute approximate surface area is 120 Å². The van der Waals surface area contributed by atoms with Crippen LogP contribution in [0.15, 0.2) is 48.5 Å². The van der Waals surface area contributed by atoms with Crippen molar-refractivity contribution in [3.05, 3.63) is 65.2 Å². The van der Waals surface area contributed by atoms with Gasteiger partial charge in [0.25, 0.3) is 0 Å². The van der Waals surface area contributed by atoms with Crippen LogP contribution in [0.2, 0.25) is 0 Å². The number of nitrogens with two attached hydrogens (primary N) is 1. The predicted octanol–water partition coefficient (Wildman–Crippen LogP) is 1.69. The van der Waals surface area contributed by atoms with Crippen molar-refractivity contribution < 1.29 is 24.6 Å². The van der Waals surface area contributed by atoms with Crippen LogP contribution in [0.1, 0.15) is 31.1 Å². The average Bonchev–Trinajstić information content (AvgIpc) is 2.48. The maximum atomic E-state index is 10.7. The number of hydrogen-bond donors (Lipinski definition) is 3. The van der Waals surface area contributed by atoms with E-state index in [0.717, 1.165) is 17.9 Å². The highest BCUT2D eigenvalue weighted by molar-refractivity contribution is 6.04. The van der Waals surface area contributed by atoms with Crippen molar-refractivity contribution in [3.8, 4) is 5.75 Å². The second-order valence-electron chi connectivity index (χ2n) is 3.93. The first-order valence-electron chi connectivity index (χ1n) is 5.82. The fourth-order valence-corrected chi connectivity index (χ4v) is 1.46. The van der Waals surface area contributed by atoms with Crippen molar-refractivity contribution in [1.82, 2.24) is 0 Å². The Kier molecular flexibility index (Phi) is 5.64. The largest absolute Gasteiger partial charge is 0.508 e. The summed E-state index contributed by atoms with van der Waals surface area (Å²) in [5.74, 6) is -2.36. The highest BCUT2D eigenvalue weighted by atomic mass is 16.4. The van der Waals surface area contributed by atoms with Crippen molar-refractivity contribution in [1.29, 1.82) is 0 Å². The Morgan fingerprint density at radius 2 is 1.62 bits per heavy atom. The van der Waals surface area contributed by atoms with E-state index in [0.29, 0.717) is 0 Å². The van der Waals surface area contributed by atoms with Gasteiger partial charge in [-0.15, -0.1) is 0 Å². The van der Waals surface area contributed by atoms with Gasteiger partial charge in [-0.2, -0.15) is 0 Å². The number of phenols is 1. The molecule has 0 aliphatic rings. The van der Waals surface area contributed by atoms with Crippen LogP contribution in [0.4, 0.5) is 0 Å². The molecule has 21 heavy (non-hydrogen) atoms. The van der Waals surface area contributed by atoms with Gasteiger partial charge in [0.1, 0.15) is 12.0 Å². The molecule has 6 nitrogen and oxygen atoms in total. The molecule has 0 fully saturated rings. The molecule has 1 amide bonds. The predicted molar refractivity (Wildman–Crippen MR) is 75.4 cm³/mol. The van der Waals surface area contributed by atoms with E-state index in [-0.39, 0.29) is 16.9 Å². The number of primary amides is 1. The van der Waals surface area contributed by atoms with E-state index in [1.807, 2.05) is 18.2 Å². The zero-order valence-electron chi connectivity index (χ0n) is 10.9. The molecule has 0 aliphatic carbocycles. The van der Waals surface area contributed by atoms with Gasteiger partial charge in [-0.3, -0.25) is 9.59 Å². The van der Waals surface area contributed by atoms with E-state index >= 15 is 0 Å². The summed E-state index contributed by atoms with van der Waals surface area (Å²) >= 11 is 0. The lowest BCUT2D eigenvalue weighted by atomic mass is 10.1. The first-order chi connectivity index (χ1) is 9.95. The maximum absolute atomic E-state index is 10.7. The molecule has 2 aromatic rings. The number of carboxylic acids is 1. The molecule has 0 radical (unpaired) electrons. The minimum absolute atomic E-state index is 0.120. The number of hydrogen-bond acceptors (Lipinski definition) is 4. The van der Waals surface area contributed by atoms with Crippen molar-refractivity contribution in [2.45, 2.75) is 0 Å². The van der Waals surface area contributed by atoms with Crippen molar-refractivity contribution >= 4 is 18.2 Å². The van der Waals surface area contributed by atoms with Gasteiger partial charge in [-0.05, 0) is 18.2 Å². The maximum Gasteiger partial charge on any atom is 0.336 e. The van der Waals surface area contributed by atoms with Gasteiger partial charge in [0.05, 0.1) is 11.1 Å². The first kappa shape index (κ1) is 15.9. The third-order valence-electron chi connectivity index (χ3n) is 2.43. The Balaban J connectivity index is 0.000000235. The number of amides is 1. The topological polar surface area (TPSA) is 118 Å². The summed E-state index contributed by atoms with van der Waals surface area (Å²) < 4.78 is 0. The molecule has 2 aromatic carbocycles. The highest BCUT2D eigenvalue weighted by Crippen LogP contribution is 2.16. The monoisotopic (exact) mass is 287 g/mol. The van der Waals surface area contributed by atoms with Crippen LogP contribution < -0.4 is 5.73 Å². The molecule has 6 heteroatoms. The number of aromatic carboxylic acids is 1. The minimum Gasteiger partial charge on any atom is -0.508 e. The van der Waals surface area contributed by atoms with Gasteiger partial charge in [-0.25, -0.2) is 4.79 Å². The molecule has 0 bridgehead atoms. The molecule has 0 atom stereocenters. The quantitative estimate of drug-likeness (QED) is 0.742. The summed E-state index contributed by atoms with van der Waals surface area (Å²) in [6.45, 7) is 0. The van der Waals surface area contributed by atoms with Crippen LogP contribution in [-0.4, -0.2) is 28.4 Å². The molecule has 0 spiro atoms. The normalized spacial score (nSPS) is 9.14. The number of carboxylic acid groups (broad SMARTS) is 1. The van der Waals surface area contributed by atoms with Crippen molar-refractivity contribution in [2.24, 2.45) is 5.73 Å². The lowest BCUT2D eigenvalue weighted by Gasteiger charge is -2.01. The average molecular weight is 287 g/mol. The first-order valence-corrected chi connectivity index (χ1v) is 5.82. The van der Waals surface area contributed by atoms with E-state index in [9.17, 15) is 14.4 Å². The summed E-state index contributed by atoms with van der Waals surface area (Å²) in [4.78, 5) is 31.3.